The number of nitrogens with one attached hydrogen (secondary N) is 1. The minimum absolute atomic E-state index is 0. The molecule has 4 heteroatoms. The van der Waals surface area contributed by atoms with E-state index in [0.29, 0.717) is 0 Å². The average molecular weight is 349 g/mol. The van der Waals surface area contributed by atoms with Crippen LogP contribution in [0.4, 0.5) is 0 Å². The number of quaternary nitrogens is 1. The lowest BCUT2D eigenvalue weighted by molar-refractivity contribution is -0.890. The summed E-state index contributed by atoms with van der Waals surface area (Å²) >= 11 is 0. The van der Waals surface area contributed by atoms with Gasteiger partial charge in [-0.25, -0.2) is 0 Å². The molecule has 120 valence electrons. The Morgan fingerprint density at radius 1 is 1.05 bits per heavy atom. The number of amides is 1. The molecule has 0 aromatic heterocycles. The smallest absolute Gasteiger partial charge is 0.243 e. The molecule has 0 aromatic carbocycles. The molecular formula is C16H33BrN2O. The monoisotopic (exact) mass is 348 g/mol. The summed E-state index contributed by atoms with van der Waals surface area (Å²) in [7, 11) is 4.56. The summed E-state index contributed by atoms with van der Waals surface area (Å²) in [5, 5.41) is 2.83. The molecule has 0 rings (SSSR count). The van der Waals surface area contributed by atoms with Gasteiger partial charge in [-0.15, -0.1) is 0 Å². The van der Waals surface area contributed by atoms with E-state index in [9.17, 15) is 4.79 Å². The highest BCUT2D eigenvalue weighted by Gasteiger charge is 2.13. The van der Waals surface area contributed by atoms with Crippen molar-refractivity contribution < 1.29 is 26.3 Å². The molecule has 0 aliphatic rings. The van der Waals surface area contributed by atoms with Gasteiger partial charge in [0.15, 0.2) is 0 Å². The summed E-state index contributed by atoms with van der Waals surface area (Å²) in [5.74, 6) is -0.0683. The predicted molar refractivity (Wildman–Crippen MR) is 83.0 cm³/mol. The van der Waals surface area contributed by atoms with E-state index in [1.54, 1.807) is 0 Å². The highest BCUT2D eigenvalue weighted by Crippen LogP contribution is 2.08. The number of hydrogen-bond acceptors (Lipinski definition) is 1. The lowest BCUT2D eigenvalue weighted by Crippen LogP contribution is -3.00. The van der Waals surface area contributed by atoms with E-state index in [4.69, 9.17) is 0 Å². The fourth-order valence-corrected chi connectivity index (χ4v) is 2.22. The third-order valence-electron chi connectivity index (χ3n) is 3.54. The van der Waals surface area contributed by atoms with Crippen molar-refractivity contribution in [2.45, 2.75) is 51.9 Å². The zero-order valence-corrected chi connectivity index (χ0v) is 15.2. The second kappa shape index (κ2) is 13.6. The van der Waals surface area contributed by atoms with Crippen LogP contribution in [0.15, 0.2) is 12.7 Å². The van der Waals surface area contributed by atoms with Crippen molar-refractivity contribution in [2.24, 2.45) is 0 Å². The molecule has 0 aromatic rings. The zero-order valence-electron chi connectivity index (χ0n) is 13.6. The fraction of sp³-hybridized carbons (Fsp3) is 0.812. The molecule has 0 heterocycles. The Morgan fingerprint density at radius 2 is 1.60 bits per heavy atom. The van der Waals surface area contributed by atoms with Crippen LogP contribution >= 0.6 is 0 Å². The van der Waals surface area contributed by atoms with Gasteiger partial charge in [0.2, 0.25) is 5.91 Å². The summed E-state index contributed by atoms with van der Waals surface area (Å²) in [6.45, 7) is 8.81. The Balaban J connectivity index is 0. The van der Waals surface area contributed by atoms with E-state index < -0.39 is 0 Å². The van der Waals surface area contributed by atoms with Crippen molar-refractivity contribution >= 4 is 5.91 Å². The molecule has 0 bridgehead atoms. The molecule has 1 amide bonds. The maximum absolute atomic E-state index is 11.0. The Morgan fingerprint density at radius 3 is 2.20 bits per heavy atom. The van der Waals surface area contributed by atoms with Crippen molar-refractivity contribution in [3.05, 3.63) is 12.7 Å². The molecule has 0 fully saturated rings. The molecule has 0 unspecified atom stereocenters. The Hall–Kier alpha value is -0.350. The third-order valence-corrected chi connectivity index (χ3v) is 3.54. The van der Waals surface area contributed by atoms with Gasteiger partial charge in [-0.3, -0.25) is 4.79 Å². The van der Waals surface area contributed by atoms with Crippen LogP contribution in [0.2, 0.25) is 0 Å². The van der Waals surface area contributed by atoms with Gasteiger partial charge in [0.05, 0.1) is 27.2 Å². The number of carbonyl (C=O) groups excluding carboxylic acids is 1. The molecule has 1 N–H and O–H groups in total. The molecule has 0 aliphatic heterocycles. The van der Waals surface area contributed by atoms with Crippen molar-refractivity contribution in [2.75, 3.05) is 33.7 Å². The quantitative estimate of drug-likeness (QED) is 0.303. The highest BCUT2D eigenvalue weighted by molar-refractivity contribution is 5.86. The number of unbranched alkanes of at least 4 members (excludes halogenated alkanes) is 5. The maximum Gasteiger partial charge on any atom is 0.243 e. The van der Waals surface area contributed by atoms with Crippen LogP contribution in [-0.2, 0) is 4.79 Å². The number of nitrogens with zero attached hydrogens (tertiary/aromatic N) is 1. The SMILES string of the molecule is C=CC(=O)NCCC[N+](C)(C)CCCCCCCC.[Br-]. The zero-order chi connectivity index (χ0) is 14.6. The molecular weight excluding hydrogens is 316 g/mol. The predicted octanol–water partition coefficient (Wildman–Crippen LogP) is 0.120. The van der Waals surface area contributed by atoms with Crippen LogP contribution < -0.4 is 22.3 Å². The first-order chi connectivity index (χ1) is 9.02. The molecule has 0 atom stereocenters. The van der Waals surface area contributed by atoms with Gasteiger partial charge in [-0.05, 0) is 18.9 Å². The van der Waals surface area contributed by atoms with Crippen LogP contribution in [0.3, 0.4) is 0 Å². The molecule has 0 aliphatic carbocycles. The van der Waals surface area contributed by atoms with Gasteiger partial charge >= 0.3 is 0 Å². The molecule has 0 saturated heterocycles. The van der Waals surface area contributed by atoms with Gasteiger partial charge in [0.25, 0.3) is 0 Å². The maximum atomic E-state index is 11.0. The van der Waals surface area contributed by atoms with E-state index in [2.05, 4.69) is 32.9 Å². The first-order valence-corrected chi connectivity index (χ1v) is 7.74. The summed E-state index contributed by atoms with van der Waals surface area (Å²) in [6.07, 6.45) is 10.5. The van der Waals surface area contributed by atoms with Crippen LogP contribution in [0.25, 0.3) is 0 Å². The summed E-state index contributed by atoms with van der Waals surface area (Å²) in [4.78, 5) is 11.0. The third kappa shape index (κ3) is 14.1. The van der Waals surface area contributed by atoms with E-state index >= 15 is 0 Å². The molecule has 0 spiro atoms. The summed E-state index contributed by atoms with van der Waals surface area (Å²) in [5.41, 5.74) is 0. The van der Waals surface area contributed by atoms with Crippen molar-refractivity contribution in [3.8, 4) is 0 Å². The normalized spacial score (nSPS) is 10.8. The van der Waals surface area contributed by atoms with Gasteiger partial charge in [0, 0.05) is 13.0 Å². The Bertz CT molecular complexity index is 255. The lowest BCUT2D eigenvalue weighted by Gasteiger charge is -2.30. The van der Waals surface area contributed by atoms with Crippen LogP contribution in [0.1, 0.15) is 51.9 Å². The van der Waals surface area contributed by atoms with Crippen LogP contribution in [0.5, 0.6) is 0 Å². The molecule has 3 nitrogen and oxygen atoms in total. The second-order valence-electron chi connectivity index (χ2n) is 6.00. The van der Waals surface area contributed by atoms with E-state index in [-0.39, 0.29) is 22.9 Å². The van der Waals surface area contributed by atoms with Gasteiger partial charge in [-0.2, -0.15) is 0 Å². The Labute approximate surface area is 136 Å². The molecule has 0 radical (unpaired) electrons. The number of hydrogen-bond donors (Lipinski definition) is 1. The van der Waals surface area contributed by atoms with Crippen molar-refractivity contribution in [1.29, 1.82) is 0 Å². The number of halogens is 1. The van der Waals surface area contributed by atoms with Gasteiger partial charge < -0.3 is 26.8 Å². The lowest BCUT2D eigenvalue weighted by atomic mass is 10.1. The van der Waals surface area contributed by atoms with E-state index in [0.717, 1.165) is 24.0 Å². The van der Waals surface area contributed by atoms with Gasteiger partial charge in [-0.1, -0.05) is 39.2 Å². The highest BCUT2D eigenvalue weighted by atomic mass is 79.9. The summed E-state index contributed by atoms with van der Waals surface area (Å²) < 4.78 is 1.05. The minimum atomic E-state index is -0.0683. The van der Waals surface area contributed by atoms with Crippen LogP contribution in [-0.4, -0.2) is 44.1 Å². The Kier molecular flexibility index (Phi) is 14.9. The van der Waals surface area contributed by atoms with Crippen LogP contribution in [0, 0.1) is 0 Å². The molecule has 20 heavy (non-hydrogen) atoms. The topological polar surface area (TPSA) is 29.1 Å². The minimum Gasteiger partial charge on any atom is -1.00 e. The largest absolute Gasteiger partial charge is 1.00 e. The second-order valence-corrected chi connectivity index (χ2v) is 6.00. The van der Waals surface area contributed by atoms with E-state index in [1.807, 2.05) is 0 Å². The fourth-order valence-electron chi connectivity index (χ4n) is 2.22. The first kappa shape index (κ1) is 21.9. The summed E-state index contributed by atoms with van der Waals surface area (Å²) in [6, 6.07) is 0. The number of rotatable bonds is 12. The standard InChI is InChI=1S/C16H32N2O.BrH/c1-5-7-8-9-10-11-14-18(3,4)15-12-13-17-16(19)6-2;/h6H,2,5,7-15H2,1,3-4H3;1H. The van der Waals surface area contributed by atoms with E-state index in [1.165, 1.54) is 51.1 Å². The first-order valence-electron chi connectivity index (χ1n) is 7.74. The van der Waals surface area contributed by atoms with Gasteiger partial charge in [0.1, 0.15) is 0 Å². The van der Waals surface area contributed by atoms with Crippen molar-refractivity contribution in [3.63, 3.8) is 0 Å². The van der Waals surface area contributed by atoms with Crippen molar-refractivity contribution in [1.82, 2.24) is 5.32 Å². The molecule has 0 saturated carbocycles. The number of carbonyl (C=O) groups is 1. The average Bonchev–Trinajstić information content (AvgIpc) is 2.38.